The molecule has 196 valence electrons. The summed E-state index contributed by atoms with van der Waals surface area (Å²) in [6.07, 6.45) is 0.393. The largest absolute Gasteiger partial charge is 0.435 e. The smallest absolute Gasteiger partial charge is 0.379 e. The molecule has 4 heterocycles. The minimum absolute atomic E-state index is 0.0404. The highest BCUT2D eigenvalue weighted by Crippen LogP contribution is 2.33. The Balaban J connectivity index is 0.000000212. The van der Waals surface area contributed by atoms with E-state index in [4.69, 9.17) is 4.74 Å². The summed E-state index contributed by atoms with van der Waals surface area (Å²) in [6, 6.07) is -0.446. The van der Waals surface area contributed by atoms with Gasteiger partial charge in [-0.25, -0.2) is 19.5 Å². The van der Waals surface area contributed by atoms with Crippen molar-refractivity contribution in [2.45, 2.75) is 32.5 Å². The summed E-state index contributed by atoms with van der Waals surface area (Å²) in [6.45, 7) is 7.00. The summed E-state index contributed by atoms with van der Waals surface area (Å²) < 4.78 is 58.0. The molecule has 3 aromatic heterocycles. The van der Waals surface area contributed by atoms with E-state index in [1.807, 2.05) is 16.9 Å². The van der Waals surface area contributed by atoms with Crippen molar-refractivity contribution in [3.05, 3.63) is 40.5 Å². The minimum atomic E-state index is -4.71. The summed E-state index contributed by atoms with van der Waals surface area (Å²) in [7, 11) is 0. The average Bonchev–Trinajstić information content (AvgIpc) is 3.27. The number of ether oxygens (including phenoxy) is 1. The van der Waals surface area contributed by atoms with Crippen molar-refractivity contribution in [3.8, 4) is 0 Å². The monoisotopic (exact) mass is 514 g/mol. The number of anilines is 1. The van der Waals surface area contributed by atoms with Gasteiger partial charge in [0.25, 0.3) is 5.56 Å². The Morgan fingerprint density at radius 1 is 1.17 bits per heavy atom. The summed E-state index contributed by atoms with van der Waals surface area (Å²) in [5.74, 6) is 0.0761. The lowest BCUT2D eigenvalue weighted by atomic mass is 10.2. The number of nitrogens with one attached hydrogen (secondary N) is 1. The van der Waals surface area contributed by atoms with Crippen LogP contribution in [0.5, 0.6) is 0 Å². The molecule has 3 aromatic rings. The fraction of sp³-hybridized carbons (Fsp3) is 0.524. The molecule has 1 unspecified atom stereocenters. The van der Waals surface area contributed by atoms with Crippen molar-refractivity contribution >= 4 is 23.3 Å². The number of nitrogens with zero attached hydrogens (tertiary/aromatic N) is 7. The van der Waals surface area contributed by atoms with Gasteiger partial charge in [0.1, 0.15) is 5.39 Å². The maximum absolute atomic E-state index is 13.0. The van der Waals surface area contributed by atoms with Gasteiger partial charge in [-0.3, -0.25) is 14.3 Å². The first-order chi connectivity index (χ1) is 17.2. The quantitative estimate of drug-likeness (QED) is 0.289. The van der Waals surface area contributed by atoms with E-state index in [1.165, 1.54) is 0 Å². The second kappa shape index (κ2) is 11.9. The second-order valence-electron chi connectivity index (χ2n) is 8.00. The zero-order chi connectivity index (χ0) is 26.3. The molecule has 1 aliphatic heterocycles. The highest BCUT2D eigenvalue weighted by Gasteiger charge is 2.38. The van der Waals surface area contributed by atoms with Crippen molar-refractivity contribution in [1.82, 2.24) is 34.8 Å². The Hall–Kier alpha value is -3.62. The number of amides is 1. The molecule has 4 rings (SSSR count). The molecule has 1 fully saturated rings. The third-order valence-corrected chi connectivity index (χ3v) is 5.27. The Labute approximate surface area is 203 Å². The molecular weight excluding hydrogens is 488 g/mol. The van der Waals surface area contributed by atoms with Crippen LogP contribution in [0.4, 0.5) is 23.5 Å². The van der Waals surface area contributed by atoms with E-state index in [0.29, 0.717) is 38.7 Å². The summed E-state index contributed by atoms with van der Waals surface area (Å²) in [5, 5.41) is 8.59. The molecule has 0 radical (unpaired) electrons. The number of aromatic amines is 1. The van der Waals surface area contributed by atoms with Crippen LogP contribution < -0.4 is 10.5 Å². The van der Waals surface area contributed by atoms with Crippen LogP contribution in [0.3, 0.4) is 0 Å². The normalized spacial score (nSPS) is 14.9. The number of alkyl halides is 3. The lowest BCUT2D eigenvalue weighted by molar-refractivity contribution is -0.140. The Kier molecular flexibility index (Phi) is 8.90. The molecule has 36 heavy (non-hydrogen) atoms. The molecule has 1 atom stereocenters. The van der Waals surface area contributed by atoms with E-state index >= 15 is 0 Å². The minimum Gasteiger partial charge on any atom is -0.379 e. The summed E-state index contributed by atoms with van der Waals surface area (Å²) in [5.41, 5.74) is -2.07. The SMILES string of the molecule is CCCOCC(C)n1nc(C(F)(F)F)c2c(=O)[nH]ncc21.O=CN1CCN(c2ncc(F)cn2)CC1. The molecule has 1 amide bonds. The standard InChI is InChI=1S/C12H15F3N4O2.C9H11FN4O/c1-3-4-21-6-7(2)19-8-5-16-17-11(20)9(8)10(18-19)12(13,14)15;10-8-5-11-9(12-6-8)14-3-1-13(7-15)2-4-14/h5,7H,3-4,6H2,1-2H3,(H,17,20);5-7H,1-4H2. The van der Waals surface area contributed by atoms with Crippen LogP contribution in [-0.2, 0) is 15.7 Å². The van der Waals surface area contributed by atoms with Gasteiger partial charge in [0.05, 0.1) is 36.8 Å². The lowest BCUT2D eigenvalue weighted by Gasteiger charge is -2.32. The first-order valence-electron chi connectivity index (χ1n) is 11.2. The molecule has 15 heteroatoms. The van der Waals surface area contributed by atoms with Gasteiger partial charge in [0, 0.05) is 32.8 Å². The van der Waals surface area contributed by atoms with Crippen molar-refractivity contribution in [3.63, 3.8) is 0 Å². The van der Waals surface area contributed by atoms with Crippen molar-refractivity contribution in [2.24, 2.45) is 0 Å². The number of carbonyl (C=O) groups is 1. The van der Waals surface area contributed by atoms with E-state index < -0.39 is 34.7 Å². The van der Waals surface area contributed by atoms with Gasteiger partial charge in [-0.05, 0) is 13.3 Å². The number of carbonyl (C=O) groups excluding carboxylic acids is 1. The van der Waals surface area contributed by atoms with E-state index in [0.717, 1.165) is 36.1 Å². The maximum atomic E-state index is 13.0. The number of rotatable bonds is 7. The van der Waals surface area contributed by atoms with Crippen molar-refractivity contribution in [2.75, 3.05) is 44.3 Å². The number of H-pyrrole nitrogens is 1. The van der Waals surface area contributed by atoms with E-state index in [9.17, 15) is 27.2 Å². The fourth-order valence-corrected chi connectivity index (χ4v) is 3.50. The van der Waals surface area contributed by atoms with Gasteiger partial charge in [0.15, 0.2) is 11.5 Å². The topological polar surface area (TPSA) is 122 Å². The molecular formula is C21H26F4N8O3. The number of aromatic nitrogens is 6. The van der Waals surface area contributed by atoms with Gasteiger partial charge in [-0.2, -0.15) is 23.4 Å². The summed E-state index contributed by atoms with van der Waals surface area (Å²) >= 11 is 0. The zero-order valence-corrected chi connectivity index (χ0v) is 19.7. The molecule has 0 saturated carbocycles. The fourth-order valence-electron chi connectivity index (χ4n) is 3.50. The highest BCUT2D eigenvalue weighted by molar-refractivity contribution is 5.80. The Bertz CT molecular complexity index is 1190. The molecule has 1 saturated heterocycles. The van der Waals surface area contributed by atoms with Gasteiger partial charge in [-0.1, -0.05) is 6.92 Å². The van der Waals surface area contributed by atoms with E-state index in [2.05, 4.69) is 20.2 Å². The first kappa shape index (κ1) is 27.0. The second-order valence-corrected chi connectivity index (χ2v) is 8.00. The molecule has 0 aliphatic carbocycles. The van der Waals surface area contributed by atoms with Crippen LogP contribution in [0.15, 0.2) is 23.4 Å². The van der Waals surface area contributed by atoms with Crippen LogP contribution in [0.1, 0.15) is 32.0 Å². The third-order valence-electron chi connectivity index (χ3n) is 5.27. The van der Waals surface area contributed by atoms with Crippen LogP contribution in [-0.4, -0.2) is 80.6 Å². The van der Waals surface area contributed by atoms with E-state index in [-0.39, 0.29) is 12.1 Å². The average molecular weight is 514 g/mol. The predicted octanol–water partition coefficient (Wildman–Crippen LogP) is 2.02. The third kappa shape index (κ3) is 6.53. The van der Waals surface area contributed by atoms with Gasteiger partial charge in [-0.15, -0.1) is 0 Å². The van der Waals surface area contributed by atoms with Crippen LogP contribution in [0.25, 0.3) is 10.9 Å². The van der Waals surface area contributed by atoms with Gasteiger partial charge < -0.3 is 14.5 Å². The van der Waals surface area contributed by atoms with Crippen LogP contribution in [0, 0.1) is 5.82 Å². The first-order valence-corrected chi connectivity index (χ1v) is 11.2. The summed E-state index contributed by atoms with van der Waals surface area (Å²) in [4.78, 5) is 33.5. The Morgan fingerprint density at radius 3 is 2.42 bits per heavy atom. The van der Waals surface area contributed by atoms with E-state index in [1.54, 1.807) is 11.8 Å². The molecule has 0 aromatic carbocycles. The number of hydrogen-bond acceptors (Lipinski definition) is 8. The molecule has 1 aliphatic rings. The number of fused-ring (bicyclic) bond motifs is 1. The lowest BCUT2D eigenvalue weighted by Crippen LogP contribution is -2.46. The molecule has 1 N–H and O–H groups in total. The maximum Gasteiger partial charge on any atom is 0.435 e. The van der Waals surface area contributed by atoms with Gasteiger partial charge in [0.2, 0.25) is 12.4 Å². The van der Waals surface area contributed by atoms with Crippen molar-refractivity contribution < 1.29 is 27.1 Å². The molecule has 0 bridgehead atoms. The van der Waals surface area contributed by atoms with Crippen LogP contribution in [0.2, 0.25) is 0 Å². The number of hydrogen-bond donors (Lipinski definition) is 1. The molecule has 0 spiro atoms. The highest BCUT2D eigenvalue weighted by atomic mass is 19.4. The van der Waals surface area contributed by atoms with Crippen LogP contribution >= 0.6 is 0 Å². The predicted molar refractivity (Wildman–Crippen MR) is 121 cm³/mol. The van der Waals surface area contributed by atoms with Crippen molar-refractivity contribution in [1.29, 1.82) is 0 Å². The number of piperazine rings is 1. The zero-order valence-electron chi connectivity index (χ0n) is 19.7. The van der Waals surface area contributed by atoms with Gasteiger partial charge >= 0.3 is 6.18 Å². The molecule has 11 nitrogen and oxygen atoms in total. The Morgan fingerprint density at radius 2 is 1.83 bits per heavy atom. The number of halogens is 4.